The molecule has 110 valence electrons. The van der Waals surface area contributed by atoms with Gasteiger partial charge in [-0.25, -0.2) is 4.79 Å². The Labute approximate surface area is 119 Å². The lowest BCUT2D eigenvalue weighted by Crippen LogP contribution is -2.52. The number of carbonyl (C=O) groups excluding carboxylic acids is 1. The van der Waals surface area contributed by atoms with E-state index in [9.17, 15) is 9.59 Å². The zero-order valence-corrected chi connectivity index (χ0v) is 12.7. The fourth-order valence-corrected chi connectivity index (χ4v) is 2.95. The van der Waals surface area contributed by atoms with Crippen molar-refractivity contribution in [3.05, 3.63) is 0 Å². The highest BCUT2D eigenvalue weighted by atomic mass is 32.2. The number of carboxylic acids is 1. The maximum atomic E-state index is 12.1. The smallest absolute Gasteiger partial charge is 0.317 e. The number of hydrogen-bond acceptors (Lipinski definition) is 3. The number of carboxylic acid groups (broad SMARTS) is 1. The number of aliphatic carboxylic acids is 1. The van der Waals surface area contributed by atoms with E-state index in [4.69, 9.17) is 5.11 Å². The summed E-state index contributed by atoms with van der Waals surface area (Å²) in [5, 5.41) is 12.0. The van der Waals surface area contributed by atoms with Gasteiger partial charge in [0.05, 0.1) is 5.92 Å². The molecule has 0 spiro atoms. The Bertz CT molecular complexity index is 325. The van der Waals surface area contributed by atoms with Crippen LogP contribution in [0.2, 0.25) is 0 Å². The van der Waals surface area contributed by atoms with Crippen molar-refractivity contribution in [1.29, 1.82) is 0 Å². The Morgan fingerprint density at radius 3 is 2.74 bits per heavy atom. The first-order valence-corrected chi connectivity index (χ1v) is 8.14. The molecule has 5 nitrogen and oxygen atoms in total. The predicted molar refractivity (Wildman–Crippen MR) is 77.5 cm³/mol. The molecule has 0 aliphatic carbocycles. The fourth-order valence-electron chi connectivity index (χ4n) is 2.36. The maximum Gasteiger partial charge on any atom is 0.317 e. The van der Waals surface area contributed by atoms with E-state index < -0.39 is 5.97 Å². The van der Waals surface area contributed by atoms with Gasteiger partial charge in [0.25, 0.3) is 0 Å². The molecule has 3 unspecified atom stereocenters. The van der Waals surface area contributed by atoms with Crippen molar-refractivity contribution in [1.82, 2.24) is 10.2 Å². The second-order valence-electron chi connectivity index (χ2n) is 5.23. The van der Waals surface area contributed by atoms with Crippen LogP contribution in [0.3, 0.4) is 0 Å². The summed E-state index contributed by atoms with van der Waals surface area (Å²) >= 11 is 1.77. The number of nitrogens with zero attached hydrogens (tertiary/aromatic N) is 1. The number of piperidine rings is 1. The molecule has 1 heterocycles. The minimum absolute atomic E-state index is 0.0115. The Morgan fingerprint density at radius 2 is 2.21 bits per heavy atom. The van der Waals surface area contributed by atoms with Gasteiger partial charge < -0.3 is 15.3 Å². The summed E-state index contributed by atoms with van der Waals surface area (Å²) in [4.78, 5) is 24.8. The Morgan fingerprint density at radius 1 is 1.53 bits per heavy atom. The summed E-state index contributed by atoms with van der Waals surface area (Å²) in [6.45, 7) is 4.45. The number of urea groups is 1. The Kier molecular flexibility index (Phi) is 6.48. The van der Waals surface area contributed by atoms with Crippen molar-refractivity contribution in [2.45, 2.75) is 45.2 Å². The molecule has 1 fully saturated rings. The summed E-state index contributed by atoms with van der Waals surface area (Å²) in [5.41, 5.74) is 0. The third kappa shape index (κ3) is 4.93. The summed E-state index contributed by atoms with van der Waals surface area (Å²) in [6.07, 6.45) is 4.09. The fraction of sp³-hybridized carbons (Fsp3) is 0.846. The van der Waals surface area contributed by atoms with E-state index in [1.165, 1.54) is 0 Å². The molecule has 0 aromatic carbocycles. The SMILES string of the molecule is CSCCC(C)NC(=O)N1CCC(C(=O)O)CC1C. The first-order chi connectivity index (χ1) is 8.95. The molecule has 1 rings (SSSR count). The topological polar surface area (TPSA) is 69.6 Å². The van der Waals surface area contributed by atoms with Gasteiger partial charge in [-0.1, -0.05) is 0 Å². The lowest BCUT2D eigenvalue weighted by molar-refractivity contribution is -0.143. The van der Waals surface area contributed by atoms with E-state index in [0.29, 0.717) is 19.4 Å². The highest BCUT2D eigenvalue weighted by Crippen LogP contribution is 2.23. The van der Waals surface area contributed by atoms with Crippen molar-refractivity contribution >= 4 is 23.8 Å². The van der Waals surface area contributed by atoms with E-state index in [0.717, 1.165) is 12.2 Å². The molecule has 6 heteroatoms. The van der Waals surface area contributed by atoms with Crippen LogP contribution >= 0.6 is 11.8 Å². The summed E-state index contributed by atoms with van der Waals surface area (Å²) in [6, 6.07) is 0.0805. The molecule has 19 heavy (non-hydrogen) atoms. The Balaban J connectivity index is 2.43. The first kappa shape index (κ1) is 16.1. The molecule has 0 aromatic heterocycles. The molecule has 0 aromatic rings. The lowest BCUT2D eigenvalue weighted by Gasteiger charge is -2.36. The molecule has 0 saturated carbocycles. The second-order valence-corrected chi connectivity index (χ2v) is 6.22. The third-order valence-corrected chi connectivity index (χ3v) is 4.26. The van der Waals surface area contributed by atoms with Gasteiger partial charge in [-0.2, -0.15) is 11.8 Å². The molecule has 1 saturated heterocycles. The molecule has 3 atom stereocenters. The Hall–Kier alpha value is -0.910. The van der Waals surface area contributed by atoms with Crippen LogP contribution in [-0.2, 0) is 4.79 Å². The van der Waals surface area contributed by atoms with Crippen molar-refractivity contribution in [3.63, 3.8) is 0 Å². The number of nitrogens with one attached hydrogen (secondary N) is 1. The van der Waals surface area contributed by atoms with E-state index in [1.54, 1.807) is 16.7 Å². The number of rotatable bonds is 5. The number of likely N-dealkylation sites (tertiary alicyclic amines) is 1. The van der Waals surface area contributed by atoms with Gasteiger partial charge in [-0.3, -0.25) is 4.79 Å². The summed E-state index contributed by atoms with van der Waals surface area (Å²) in [5.74, 6) is -0.0360. The minimum atomic E-state index is -0.750. The van der Waals surface area contributed by atoms with Gasteiger partial charge in [-0.15, -0.1) is 0 Å². The van der Waals surface area contributed by atoms with Crippen molar-refractivity contribution in [2.24, 2.45) is 5.92 Å². The van der Waals surface area contributed by atoms with Crippen molar-refractivity contribution < 1.29 is 14.7 Å². The van der Waals surface area contributed by atoms with Gasteiger partial charge in [0.2, 0.25) is 0 Å². The molecule has 1 aliphatic rings. The maximum absolute atomic E-state index is 12.1. The molecule has 1 aliphatic heterocycles. The number of carbonyl (C=O) groups is 2. The molecular weight excluding hydrogens is 264 g/mol. The van der Waals surface area contributed by atoms with Crippen LogP contribution in [0.25, 0.3) is 0 Å². The van der Waals surface area contributed by atoms with Crippen LogP contribution in [0.15, 0.2) is 0 Å². The van der Waals surface area contributed by atoms with E-state index in [1.807, 2.05) is 20.1 Å². The molecule has 2 amide bonds. The monoisotopic (exact) mass is 288 g/mol. The van der Waals surface area contributed by atoms with Crippen molar-refractivity contribution in [3.8, 4) is 0 Å². The van der Waals surface area contributed by atoms with Gasteiger partial charge in [0.1, 0.15) is 0 Å². The lowest BCUT2D eigenvalue weighted by atomic mass is 9.92. The third-order valence-electron chi connectivity index (χ3n) is 3.61. The molecule has 0 bridgehead atoms. The van der Waals surface area contributed by atoms with E-state index in [2.05, 4.69) is 5.32 Å². The zero-order chi connectivity index (χ0) is 14.4. The number of thioether (sulfide) groups is 1. The standard InChI is InChI=1S/C13H24N2O3S/c1-9(5-7-19-3)14-13(18)15-6-4-11(12(16)17)8-10(15)2/h9-11H,4-8H2,1-3H3,(H,14,18)(H,16,17). The summed E-state index contributed by atoms with van der Waals surface area (Å²) in [7, 11) is 0. The molecule has 0 radical (unpaired) electrons. The second kappa shape index (κ2) is 7.62. The van der Waals surface area contributed by atoms with Crippen LogP contribution < -0.4 is 5.32 Å². The average molecular weight is 288 g/mol. The summed E-state index contributed by atoms with van der Waals surface area (Å²) < 4.78 is 0. The highest BCUT2D eigenvalue weighted by molar-refractivity contribution is 7.98. The van der Waals surface area contributed by atoms with Crippen LogP contribution in [0.4, 0.5) is 4.79 Å². The molecular formula is C13H24N2O3S. The predicted octanol–water partition coefficient (Wildman–Crippen LogP) is 2.02. The van der Waals surface area contributed by atoms with Crippen LogP contribution in [0.5, 0.6) is 0 Å². The largest absolute Gasteiger partial charge is 0.481 e. The quantitative estimate of drug-likeness (QED) is 0.812. The average Bonchev–Trinajstić information content (AvgIpc) is 2.35. The van der Waals surface area contributed by atoms with Gasteiger partial charge in [0, 0.05) is 18.6 Å². The van der Waals surface area contributed by atoms with E-state index >= 15 is 0 Å². The van der Waals surface area contributed by atoms with Gasteiger partial charge >= 0.3 is 12.0 Å². The van der Waals surface area contributed by atoms with Crippen LogP contribution in [0.1, 0.15) is 33.1 Å². The van der Waals surface area contributed by atoms with Crippen LogP contribution in [0, 0.1) is 5.92 Å². The van der Waals surface area contributed by atoms with Crippen molar-refractivity contribution in [2.75, 3.05) is 18.6 Å². The normalized spacial score (nSPS) is 24.9. The van der Waals surface area contributed by atoms with Crippen LogP contribution in [-0.4, -0.2) is 52.6 Å². The van der Waals surface area contributed by atoms with Gasteiger partial charge in [-0.05, 0) is 45.1 Å². The van der Waals surface area contributed by atoms with E-state index in [-0.39, 0.29) is 24.0 Å². The van der Waals surface area contributed by atoms with Gasteiger partial charge in [0.15, 0.2) is 0 Å². The number of amides is 2. The zero-order valence-electron chi connectivity index (χ0n) is 11.9. The number of hydrogen-bond donors (Lipinski definition) is 2. The minimum Gasteiger partial charge on any atom is -0.481 e. The first-order valence-electron chi connectivity index (χ1n) is 6.74. The highest BCUT2D eigenvalue weighted by Gasteiger charge is 2.32. The molecule has 2 N–H and O–H groups in total.